The number of amides is 1. The second-order valence-electron chi connectivity index (χ2n) is 8.09. The summed E-state index contributed by atoms with van der Waals surface area (Å²) in [5.41, 5.74) is 6.15. The van der Waals surface area contributed by atoms with Gasteiger partial charge in [0, 0.05) is 31.3 Å². The van der Waals surface area contributed by atoms with Gasteiger partial charge in [0.05, 0.1) is 32.7 Å². The Labute approximate surface area is 195 Å². The van der Waals surface area contributed by atoms with Gasteiger partial charge >= 0.3 is 0 Å². The SMILES string of the molecule is COc1ccc(CCC(=O)N(C)Cc2c(C)nn(-c3ccccc3C)c2C)c(OC)c1OC. The number of nitrogens with zero attached hydrogens (tertiary/aromatic N) is 3. The second-order valence-corrected chi connectivity index (χ2v) is 8.09. The van der Waals surface area contributed by atoms with E-state index in [1.165, 1.54) is 0 Å². The van der Waals surface area contributed by atoms with Crippen molar-refractivity contribution < 1.29 is 19.0 Å². The van der Waals surface area contributed by atoms with Crippen molar-refractivity contribution >= 4 is 5.91 Å². The van der Waals surface area contributed by atoms with Crippen molar-refractivity contribution in [2.45, 2.75) is 40.2 Å². The molecule has 1 amide bonds. The van der Waals surface area contributed by atoms with Crippen molar-refractivity contribution in [3.8, 4) is 22.9 Å². The van der Waals surface area contributed by atoms with E-state index in [9.17, 15) is 4.79 Å². The lowest BCUT2D eigenvalue weighted by atomic mass is 10.1. The van der Waals surface area contributed by atoms with Gasteiger partial charge in [-0.1, -0.05) is 24.3 Å². The minimum atomic E-state index is 0.0503. The fraction of sp³-hybridized carbons (Fsp3) is 0.385. The molecule has 1 heterocycles. The van der Waals surface area contributed by atoms with Crippen molar-refractivity contribution in [2.24, 2.45) is 0 Å². The third-order valence-corrected chi connectivity index (χ3v) is 6.00. The van der Waals surface area contributed by atoms with E-state index in [2.05, 4.69) is 26.0 Å². The maximum Gasteiger partial charge on any atom is 0.222 e. The van der Waals surface area contributed by atoms with E-state index < -0.39 is 0 Å². The van der Waals surface area contributed by atoms with Crippen LogP contribution in [0.3, 0.4) is 0 Å². The molecular formula is C26H33N3O4. The predicted octanol–water partition coefficient (Wildman–Crippen LogP) is 4.41. The van der Waals surface area contributed by atoms with E-state index in [4.69, 9.17) is 19.3 Å². The Balaban J connectivity index is 1.73. The minimum Gasteiger partial charge on any atom is -0.493 e. The average Bonchev–Trinajstić information content (AvgIpc) is 3.09. The van der Waals surface area contributed by atoms with Crippen LogP contribution in [-0.4, -0.2) is 49.0 Å². The largest absolute Gasteiger partial charge is 0.493 e. The first-order valence-electron chi connectivity index (χ1n) is 10.9. The molecule has 0 saturated heterocycles. The lowest BCUT2D eigenvalue weighted by Gasteiger charge is -2.19. The Morgan fingerprint density at radius 3 is 2.30 bits per heavy atom. The van der Waals surface area contributed by atoms with Crippen LogP contribution < -0.4 is 14.2 Å². The van der Waals surface area contributed by atoms with E-state index >= 15 is 0 Å². The minimum absolute atomic E-state index is 0.0503. The van der Waals surface area contributed by atoms with Gasteiger partial charge in [0.2, 0.25) is 11.7 Å². The van der Waals surface area contributed by atoms with Crippen molar-refractivity contribution in [3.05, 3.63) is 64.5 Å². The van der Waals surface area contributed by atoms with Crippen LogP contribution >= 0.6 is 0 Å². The lowest BCUT2D eigenvalue weighted by Crippen LogP contribution is -2.27. The molecule has 0 aliphatic heterocycles. The molecule has 7 heteroatoms. The molecular weight excluding hydrogens is 418 g/mol. The Morgan fingerprint density at radius 1 is 0.970 bits per heavy atom. The van der Waals surface area contributed by atoms with E-state index in [0.717, 1.165) is 33.8 Å². The Morgan fingerprint density at radius 2 is 1.67 bits per heavy atom. The highest BCUT2D eigenvalue weighted by Gasteiger charge is 2.20. The summed E-state index contributed by atoms with van der Waals surface area (Å²) < 4.78 is 18.3. The fourth-order valence-corrected chi connectivity index (χ4v) is 4.06. The predicted molar refractivity (Wildman–Crippen MR) is 129 cm³/mol. The third-order valence-electron chi connectivity index (χ3n) is 6.00. The summed E-state index contributed by atoms with van der Waals surface area (Å²) in [6, 6.07) is 11.9. The molecule has 0 aliphatic carbocycles. The van der Waals surface area contributed by atoms with Crippen molar-refractivity contribution in [2.75, 3.05) is 28.4 Å². The first-order valence-corrected chi connectivity index (χ1v) is 10.9. The molecule has 0 spiro atoms. The second kappa shape index (κ2) is 10.4. The van der Waals surface area contributed by atoms with Gasteiger partial charge in [-0.2, -0.15) is 5.10 Å². The first-order chi connectivity index (χ1) is 15.8. The smallest absolute Gasteiger partial charge is 0.222 e. The highest BCUT2D eigenvalue weighted by atomic mass is 16.5. The van der Waals surface area contributed by atoms with Crippen LogP contribution in [0.5, 0.6) is 17.2 Å². The fourth-order valence-electron chi connectivity index (χ4n) is 4.06. The Bertz CT molecular complexity index is 1140. The molecule has 0 saturated carbocycles. The van der Waals surface area contributed by atoms with E-state index in [0.29, 0.717) is 36.6 Å². The van der Waals surface area contributed by atoms with Gasteiger partial charge < -0.3 is 19.1 Å². The molecule has 0 N–H and O–H groups in total. The van der Waals surface area contributed by atoms with E-state index in [1.807, 2.05) is 42.9 Å². The molecule has 7 nitrogen and oxygen atoms in total. The molecule has 0 bridgehead atoms. The topological polar surface area (TPSA) is 65.8 Å². The van der Waals surface area contributed by atoms with Crippen LogP contribution in [0.2, 0.25) is 0 Å². The number of aromatic nitrogens is 2. The number of carbonyl (C=O) groups excluding carboxylic acids is 1. The number of hydrogen-bond donors (Lipinski definition) is 0. The average molecular weight is 452 g/mol. The lowest BCUT2D eigenvalue weighted by molar-refractivity contribution is -0.130. The zero-order chi connectivity index (χ0) is 24.1. The van der Waals surface area contributed by atoms with Crippen LogP contribution in [-0.2, 0) is 17.8 Å². The number of para-hydroxylation sites is 1. The van der Waals surface area contributed by atoms with E-state index in [1.54, 1.807) is 26.2 Å². The van der Waals surface area contributed by atoms with Crippen LogP contribution in [0.4, 0.5) is 0 Å². The van der Waals surface area contributed by atoms with Crippen LogP contribution in [0.15, 0.2) is 36.4 Å². The summed E-state index contributed by atoms with van der Waals surface area (Å²) in [7, 11) is 6.58. The molecule has 2 aromatic carbocycles. The van der Waals surface area contributed by atoms with Gasteiger partial charge in [0.25, 0.3) is 0 Å². The molecule has 0 aliphatic rings. The number of methoxy groups -OCH3 is 3. The quantitative estimate of drug-likeness (QED) is 0.482. The van der Waals surface area contributed by atoms with E-state index in [-0.39, 0.29) is 5.91 Å². The zero-order valence-electron chi connectivity index (χ0n) is 20.6. The van der Waals surface area contributed by atoms with Crippen molar-refractivity contribution in [1.29, 1.82) is 0 Å². The van der Waals surface area contributed by atoms with Crippen LogP contribution in [0.1, 0.15) is 34.5 Å². The van der Waals surface area contributed by atoms with Crippen LogP contribution in [0.25, 0.3) is 5.69 Å². The maximum absolute atomic E-state index is 13.0. The zero-order valence-corrected chi connectivity index (χ0v) is 20.6. The van der Waals surface area contributed by atoms with Gasteiger partial charge in [0.15, 0.2) is 11.5 Å². The Hall–Kier alpha value is -3.48. The molecule has 0 atom stereocenters. The Kier molecular flexibility index (Phi) is 7.63. The molecule has 0 unspecified atom stereocenters. The number of rotatable bonds is 9. The highest BCUT2D eigenvalue weighted by Crippen LogP contribution is 2.40. The van der Waals surface area contributed by atoms with Crippen molar-refractivity contribution in [3.63, 3.8) is 0 Å². The number of benzene rings is 2. The standard InChI is InChI=1S/C26H33N3O4/c1-17-10-8-9-11-22(17)29-19(3)21(18(2)27-29)16-28(4)24(30)15-13-20-12-14-23(31-5)26(33-7)25(20)32-6/h8-12,14H,13,15-16H2,1-7H3. The summed E-state index contributed by atoms with van der Waals surface area (Å²) in [5, 5.41) is 4.74. The summed E-state index contributed by atoms with van der Waals surface area (Å²) in [6.45, 7) is 6.62. The van der Waals surface area contributed by atoms with Gasteiger partial charge in [0.1, 0.15) is 0 Å². The molecule has 0 fully saturated rings. The summed E-state index contributed by atoms with van der Waals surface area (Å²) in [5.74, 6) is 1.78. The summed E-state index contributed by atoms with van der Waals surface area (Å²) >= 11 is 0. The molecule has 176 valence electrons. The molecule has 3 rings (SSSR count). The number of aryl methyl sites for hydroxylation is 3. The number of carbonyl (C=O) groups is 1. The molecule has 0 radical (unpaired) electrons. The highest BCUT2D eigenvalue weighted by molar-refractivity contribution is 5.76. The maximum atomic E-state index is 13.0. The summed E-state index contributed by atoms with van der Waals surface area (Å²) in [4.78, 5) is 14.7. The van der Waals surface area contributed by atoms with Gasteiger partial charge in [-0.3, -0.25) is 4.79 Å². The van der Waals surface area contributed by atoms with Crippen molar-refractivity contribution in [1.82, 2.24) is 14.7 Å². The van der Waals surface area contributed by atoms with Crippen LogP contribution in [0, 0.1) is 20.8 Å². The number of hydrogen-bond acceptors (Lipinski definition) is 5. The third kappa shape index (κ3) is 4.97. The van der Waals surface area contributed by atoms with Gasteiger partial charge in [-0.15, -0.1) is 0 Å². The summed E-state index contributed by atoms with van der Waals surface area (Å²) in [6.07, 6.45) is 0.888. The first kappa shape index (κ1) is 24.2. The monoisotopic (exact) mass is 451 g/mol. The molecule has 33 heavy (non-hydrogen) atoms. The number of ether oxygens (including phenoxy) is 3. The molecule has 1 aromatic heterocycles. The van der Waals surface area contributed by atoms with Gasteiger partial charge in [-0.25, -0.2) is 4.68 Å². The van der Waals surface area contributed by atoms with Gasteiger partial charge in [-0.05, 0) is 50.5 Å². The normalized spacial score (nSPS) is 10.8. The molecule has 3 aromatic rings.